The molecule has 0 aliphatic carbocycles. The molecule has 8 nitrogen and oxygen atoms in total. The van der Waals surface area contributed by atoms with Crippen LogP contribution in [0.5, 0.6) is 17.2 Å². The normalized spacial score (nSPS) is 10.1. The minimum atomic E-state index is -0.653. The van der Waals surface area contributed by atoms with Gasteiger partial charge in [0.05, 0.1) is 26.9 Å². The quantitative estimate of drug-likeness (QED) is 0.526. The summed E-state index contributed by atoms with van der Waals surface area (Å²) in [6.45, 7) is 1.52. The molecule has 0 radical (unpaired) electrons. The van der Waals surface area contributed by atoms with Gasteiger partial charge in [-0.2, -0.15) is 0 Å². The average molecular weight is 388 g/mol. The highest BCUT2D eigenvalue weighted by atomic mass is 16.5. The molecule has 0 bridgehead atoms. The van der Waals surface area contributed by atoms with Crippen molar-refractivity contribution in [2.45, 2.75) is 13.5 Å². The van der Waals surface area contributed by atoms with Gasteiger partial charge in [0.2, 0.25) is 0 Å². The van der Waals surface area contributed by atoms with Crippen LogP contribution < -0.4 is 25.3 Å². The number of amides is 1. The second-order valence-electron chi connectivity index (χ2n) is 5.91. The van der Waals surface area contributed by atoms with Crippen molar-refractivity contribution in [1.82, 2.24) is 5.32 Å². The summed E-state index contributed by atoms with van der Waals surface area (Å²) in [4.78, 5) is 24.2. The Kier molecular flexibility index (Phi) is 7.08. The van der Waals surface area contributed by atoms with Gasteiger partial charge in [-0.1, -0.05) is 12.1 Å². The van der Waals surface area contributed by atoms with Gasteiger partial charge in [0.15, 0.2) is 18.1 Å². The summed E-state index contributed by atoms with van der Waals surface area (Å²) >= 11 is 0. The van der Waals surface area contributed by atoms with Crippen molar-refractivity contribution < 1.29 is 28.5 Å². The lowest BCUT2D eigenvalue weighted by Crippen LogP contribution is -2.28. The highest BCUT2D eigenvalue weighted by Gasteiger charge is 2.16. The number of carbonyl (C=O) groups excluding carboxylic acids is 2. The van der Waals surface area contributed by atoms with E-state index in [2.05, 4.69) is 5.32 Å². The van der Waals surface area contributed by atoms with Crippen molar-refractivity contribution in [2.75, 3.05) is 33.7 Å². The van der Waals surface area contributed by atoms with Crippen LogP contribution >= 0.6 is 0 Å². The zero-order valence-electron chi connectivity index (χ0n) is 16.3. The highest BCUT2D eigenvalue weighted by molar-refractivity contribution is 5.96. The number of nitrogens with one attached hydrogen (secondary N) is 1. The van der Waals surface area contributed by atoms with Gasteiger partial charge in [-0.3, -0.25) is 4.79 Å². The molecular formula is C20H24N2O6. The number of hydrogen-bond acceptors (Lipinski definition) is 7. The zero-order chi connectivity index (χ0) is 20.7. The number of carbonyl (C=O) groups is 2. The van der Waals surface area contributed by atoms with E-state index in [1.807, 2.05) is 0 Å². The SMILES string of the molecule is COc1cc(OC)c(OC)cc1CNC(=O)COC(=O)c1cccc(C)c1N. The van der Waals surface area contributed by atoms with E-state index >= 15 is 0 Å². The van der Waals surface area contributed by atoms with Crippen molar-refractivity contribution in [1.29, 1.82) is 0 Å². The first-order valence-electron chi connectivity index (χ1n) is 8.49. The first kappa shape index (κ1) is 20.9. The minimum Gasteiger partial charge on any atom is -0.496 e. The Balaban J connectivity index is 1.97. The summed E-state index contributed by atoms with van der Waals surface area (Å²) in [7, 11) is 4.55. The van der Waals surface area contributed by atoms with Gasteiger partial charge in [0.1, 0.15) is 5.75 Å². The smallest absolute Gasteiger partial charge is 0.340 e. The third kappa shape index (κ3) is 4.85. The Morgan fingerprint density at radius 3 is 2.29 bits per heavy atom. The molecule has 3 N–H and O–H groups in total. The van der Waals surface area contributed by atoms with Crippen LogP contribution in [0.4, 0.5) is 5.69 Å². The van der Waals surface area contributed by atoms with E-state index < -0.39 is 18.5 Å². The van der Waals surface area contributed by atoms with E-state index in [4.69, 9.17) is 24.7 Å². The van der Waals surface area contributed by atoms with Crippen molar-refractivity contribution in [3.63, 3.8) is 0 Å². The van der Waals surface area contributed by atoms with Crippen LogP contribution in [0.2, 0.25) is 0 Å². The van der Waals surface area contributed by atoms with E-state index in [-0.39, 0.29) is 12.1 Å². The number of benzene rings is 2. The number of ether oxygens (including phenoxy) is 4. The largest absolute Gasteiger partial charge is 0.496 e. The molecule has 2 aromatic carbocycles. The molecule has 1 amide bonds. The minimum absolute atomic E-state index is 0.159. The van der Waals surface area contributed by atoms with Gasteiger partial charge >= 0.3 is 5.97 Å². The Labute approximate surface area is 163 Å². The summed E-state index contributed by atoms with van der Waals surface area (Å²) in [6.07, 6.45) is 0. The van der Waals surface area contributed by atoms with E-state index in [9.17, 15) is 9.59 Å². The fourth-order valence-corrected chi connectivity index (χ4v) is 2.54. The molecular weight excluding hydrogens is 364 g/mol. The summed E-state index contributed by atoms with van der Waals surface area (Å²) in [6, 6.07) is 8.41. The topological polar surface area (TPSA) is 109 Å². The molecule has 28 heavy (non-hydrogen) atoms. The molecule has 0 aliphatic rings. The van der Waals surface area contributed by atoms with Crippen LogP contribution in [-0.2, 0) is 16.1 Å². The Bertz CT molecular complexity index is 866. The Morgan fingerprint density at radius 1 is 1.00 bits per heavy atom. The Morgan fingerprint density at radius 2 is 1.64 bits per heavy atom. The van der Waals surface area contributed by atoms with Crippen molar-refractivity contribution in [3.05, 3.63) is 47.0 Å². The predicted octanol–water partition coefficient (Wildman–Crippen LogP) is 2.08. The third-order valence-corrected chi connectivity index (χ3v) is 4.14. The van der Waals surface area contributed by atoms with Gasteiger partial charge in [0, 0.05) is 23.9 Å². The molecule has 0 saturated heterocycles. The summed E-state index contributed by atoms with van der Waals surface area (Å²) in [5.41, 5.74) is 7.88. The van der Waals surface area contributed by atoms with Gasteiger partial charge < -0.3 is 30.0 Å². The summed E-state index contributed by atoms with van der Waals surface area (Å²) in [5, 5.41) is 2.67. The van der Waals surface area contributed by atoms with Crippen molar-refractivity contribution in [3.8, 4) is 17.2 Å². The van der Waals surface area contributed by atoms with Crippen molar-refractivity contribution >= 4 is 17.6 Å². The first-order chi connectivity index (χ1) is 13.4. The Hall–Kier alpha value is -3.42. The number of nitrogens with two attached hydrogens (primary N) is 1. The van der Waals surface area contributed by atoms with E-state index in [1.54, 1.807) is 37.3 Å². The molecule has 2 aromatic rings. The van der Waals surface area contributed by atoms with Crippen LogP contribution in [0.15, 0.2) is 30.3 Å². The highest BCUT2D eigenvalue weighted by Crippen LogP contribution is 2.34. The molecule has 0 unspecified atom stereocenters. The molecule has 0 spiro atoms. The number of esters is 1. The molecule has 8 heteroatoms. The number of hydrogen-bond donors (Lipinski definition) is 2. The van der Waals surface area contributed by atoms with E-state index in [1.165, 1.54) is 21.3 Å². The van der Waals surface area contributed by atoms with Crippen LogP contribution in [0.25, 0.3) is 0 Å². The molecule has 0 atom stereocenters. The second-order valence-corrected chi connectivity index (χ2v) is 5.91. The maximum absolute atomic E-state index is 12.1. The molecule has 0 aromatic heterocycles. The molecule has 0 fully saturated rings. The number of methoxy groups -OCH3 is 3. The number of rotatable bonds is 8. The zero-order valence-corrected chi connectivity index (χ0v) is 16.3. The number of anilines is 1. The van der Waals surface area contributed by atoms with Crippen molar-refractivity contribution in [2.24, 2.45) is 0 Å². The lowest BCUT2D eigenvalue weighted by Gasteiger charge is -2.14. The molecule has 2 rings (SSSR count). The predicted molar refractivity (Wildman–Crippen MR) is 104 cm³/mol. The summed E-state index contributed by atoms with van der Waals surface area (Å²) < 4.78 is 20.8. The van der Waals surface area contributed by atoms with Gasteiger partial charge in [0.25, 0.3) is 5.91 Å². The van der Waals surface area contributed by atoms with Crippen LogP contribution in [0.1, 0.15) is 21.5 Å². The molecule has 150 valence electrons. The molecule has 0 saturated carbocycles. The van der Waals surface area contributed by atoms with Crippen LogP contribution in [0.3, 0.4) is 0 Å². The lowest BCUT2D eigenvalue weighted by atomic mass is 10.1. The number of para-hydroxylation sites is 1. The molecule has 0 heterocycles. The number of nitrogen functional groups attached to an aromatic ring is 1. The van der Waals surface area contributed by atoms with Gasteiger partial charge in [-0.25, -0.2) is 4.79 Å². The fraction of sp³-hybridized carbons (Fsp3) is 0.300. The van der Waals surface area contributed by atoms with E-state index in [0.29, 0.717) is 28.5 Å². The molecule has 0 aliphatic heterocycles. The third-order valence-electron chi connectivity index (χ3n) is 4.14. The monoisotopic (exact) mass is 388 g/mol. The maximum Gasteiger partial charge on any atom is 0.340 e. The van der Waals surface area contributed by atoms with Gasteiger partial charge in [-0.05, 0) is 24.6 Å². The van der Waals surface area contributed by atoms with Crippen LogP contribution in [-0.4, -0.2) is 39.8 Å². The first-order valence-corrected chi connectivity index (χ1v) is 8.49. The summed E-state index contributed by atoms with van der Waals surface area (Å²) in [5.74, 6) is 0.437. The fourth-order valence-electron chi connectivity index (χ4n) is 2.54. The lowest BCUT2D eigenvalue weighted by molar-refractivity contribution is -0.124. The average Bonchev–Trinajstić information content (AvgIpc) is 2.71. The van der Waals surface area contributed by atoms with Gasteiger partial charge in [-0.15, -0.1) is 0 Å². The number of aryl methyl sites for hydroxylation is 1. The van der Waals surface area contributed by atoms with E-state index in [0.717, 1.165) is 5.56 Å². The maximum atomic E-state index is 12.1. The van der Waals surface area contributed by atoms with Crippen LogP contribution in [0, 0.1) is 6.92 Å². The second kappa shape index (κ2) is 9.50. The standard InChI is InChI=1S/C20H24N2O6/c1-12-6-5-7-14(19(12)21)20(24)28-11-18(23)22-10-13-8-16(26-3)17(27-4)9-15(13)25-2/h5-9H,10-11,21H2,1-4H3,(H,22,23).